The Bertz CT molecular complexity index is 786. The molecule has 0 atom stereocenters. The van der Waals surface area contributed by atoms with Gasteiger partial charge < -0.3 is 20.1 Å². The molecule has 2 aromatic rings. The summed E-state index contributed by atoms with van der Waals surface area (Å²) in [6.07, 6.45) is 0. The van der Waals surface area contributed by atoms with Crippen molar-refractivity contribution in [1.29, 1.82) is 0 Å². The van der Waals surface area contributed by atoms with Gasteiger partial charge >= 0.3 is 0 Å². The molecule has 2 amide bonds. The van der Waals surface area contributed by atoms with E-state index in [1.165, 1.54) is 0 Å². The number of amides is 2. The van der Waals surface area contributed by atoms with E-state index < -0.39 is 0 Å². The molecule has 0 bridgehead atoms. The van der Waals surface area contributed by atoms with E-state index in [0.29, 0.717) is 28.4 Å². The Labute approximate surface area is 139 Å². The first-order chi connectivity index (χ1) is 11.5. The smallest absolute Gasteiger partial charge is 0.255 e. The van der Waals surface area contributed by atoms with Gasteiger partial charge in [-0.3, -0.25) is 9.59 Å². The van der Waals surface area contributed by atoms with Crippen LogP contribution in [0, 0.1) is 5.92 Å². The molecule has 0 aliphatic carbocycles. The number of hydrogen-bond donors (Lipinski definition) is 2. The predicted octanol–water partition coefficient (Wildman–Crippen LogP) is 3.26. The average Bonchev–Trinajstić information content (AvgIpc) is 3.02. The minimum absolute atomic E-state index is 0.0748. The minimum Gasteiger partial charge on any atom is -0.454 e. The van der Waals surface area contributed by atoms with Gasteiger partial charge in [-0.25, -0.2) is 0 Å². The second-order valence-electron chi connectivity index (χ2n) is 5.75. The fourth-order valence-corrected chi connectivity index (χ4v) is 2.20. The third-order valence-corrected chi connectivity index (χ3v) is 3.55. The van der Waals surface area contributed by atoms with Gasteiger partial charge in [0.05, 0.1) is 0 Å². The number of ether oxygens (including phenoxy) is 2. The summed E-state index contributed by atoms with van der Waals surface area (Å²) < 4.78 is 10.5. The minimum atomic E-state index is -0.263. The summed E-state index contributed by atoms with van der Waals surface area (Å²) in [6, 6.07) is 12.0. The lowest BCUT2D eigenvalue weighted by atomic mass is 10.1. The molecule has 3 rings (SSSR count). The van der Waals surface area contributed by atoms with Crippen molar-refractivity contribution in [1.82, 2.24) is 0 Å². The molecule has 0 aromatic heterocycles. The Morgan fingerprint density at radius 1 is 0.958 bits per heavy atom. The highest BCUT2D eigenvalue weighted by Gasteiger charge is 2.16. The van der Waals surface area contributed by atoms with Crippen LogP contribution < -0.4 is 20.1 Å². The van der Waals surface area contributed by atoms with Crippen LogP contribution in [0.15, 0.2) is 42.5 Å². The Balaban J connectivity index is 1.71. The second-order valence-corrected chi connectivity index (χ2v) is 5.75. The molecule has 0 saturated carbocycles. The van der Waals surface area contributed by atoms with Crippen LogP contribution in [0.5, 0.6) is 11.5 Å². The molecule has 6 nitrogen and oxygen atoms in total. The number of carbonyl (C=O) groups excluding carboxylic acids is 2. The highest BCUT2D eigenvalue weighted by Crippen LogP contribution is 2.32. The molecule has 2 aromatic carbocycles. The van der Waals surface area contributed by atoms with Gasteiger partial charge in [0.2, 0.25) is 12.7 Å². The summed E-state index contributed by atoms with van der Waals surface area (Å²) in [5, 5.41) is 5.61. The molecule has 0 saturated heterocycles. The second kappa shape index (κ2) is 6.62. The summed E-state index contributed by atoms with van der Waals surface area (Å²) in [4.78, 5) is 24.1. The number of benzene rings is 2. The summed E-state index contributed by atoms with van der Waals surface area (Å²) in [5.74, 6) is 0.734. The highest BCUT2D eigenvalue weighted by molar-refractivity contribution is 6.05. The van der Waals surface area contributed by atoms with Gasteiger partial charge in [-0.2, -0.15) is 0 Å². The van der Waals surface area contributed by atoms with Crippen LogP contribution in [0.3, 0.4) is 0 Å². The van der Waals surface area contributed by atoms with Crippen LogP contribution >= 0.6 is 0 Å². The van der Waals surface area contributed by atoms with E-state index in [0.717, 1.165) is 0 Å². The third-order valence-electron chi connectivity index (χ3n) is 3.55. The zero-order valence-corrected chi connectivity index (χ0v) is 13.5. The Hall–Kier alpha value is -3.02. The quantitative estimate of drug-likeness (QED) is 0.904. The molecular weight excluding hydrogens is 308 g/mol. The standard InChI is InChI=1S/C18H18N2O4/c1-11(2)17(21)19-13-4-3-5-14(9-13)20-18(22)12-6-7-15-16(8-12)24-10-23-15/h3-9,11H,10H2,1-2H3,(H,19,21)(H,20,22). The molecule has 0 fully saturated rings. The predicted molar refractivity (Wildman–Crippen MR) is 90.4 cm³/mol. The number of rotatable bonds is 4. The topological polar surface area (TPSA) is 76.7 Å². The Morgan fingerprint density at radius 3 is 2.42 bits per heavy atom. The molecule has 2 N–H and O–H groups in total. The monoisotopic (exact) mass is 326 g/mol. The number of fused-ring (bicyclic) bond motifs is 1. The van der Waals surface area contributed by atoms with Gasteiger partial charge in [0.25, 0.3) is 5.91 Å². The van der Waals surface area contributed by atoms with Crippen molar-refractivity contribution >= 4 is 23.2 Å². The summed E-state index contributed by atoms with van der Waals surface area (Å²) in [6.45, 7) is 3.80. The molecule has 1 heterocycles. The van der Waals surface area contributed by atoms with Crippen molar-refractivity contribution in [2.75, 3.05) is 17.4 Å². The molecule has 0 unspecified atom stereocenters. The van der Waals surface area contributed by atoms with Crippen molar-refractivity contribution < 1.29 is 19.1 Å². The molecule has 0 spiro atoms. The zero-order chi connectivity index (χ0) is 17.1. The average molecular weight is 326 g/mol. The van der Waals surface area contributed by atoms with E-state index >= 15 is 0 Å². The number of carbonyl (C=O) groups is 2. The zero-order valence-electron chi connectivity index (χ0n) is 13.5. The van der Waals surface area contributed by atoms with E-state index in [9.17, 15) is 9.59 Å². The lowest BCUT2D eigenvalue weighted by Gasteiger charge is -2.10. The lowest BCUT2D eigenvalue weighted by molar-refractivity contribution is -0.118. The van der Waals surface area contributed by atoms with Crippen molar-refractivity contribution in [3.8, 4) is 11.5 Å². The molecule has 0 radical (unpaired) electrons. The maximum Gasteiger partial charge on any atom is 0.255 e. The van der Waals surface area contributed by atoms with E-state index in [-0.39, 0.29) is 24.5 Å². The fraction of sp³-hybridized carbons (Fsp3) is 0.222. The maximum absolute atomic E-state index is 12.4. The van der Waals surface area contributed by atoms with Gasteiger partial charge in [-0.15, -0.1) is 0 Å². The summed E-state index contributed by atoms with van der Waals surface area (Å²) >= 11 is 0. The van der Waals surface area contributed by atoms with Crippen LogP contribution in [-0.2, 0) is 4.79 Å². The van der Waals surface area contributed by atoms with Gasteiger partial charge in [0.1, 0.15) is 0 Å². The van der Waals surface area contributed by atoms with Crippen molar-refractivity contribution in [3.05, 3.63) is 48.0 Å². The van der Waals surface area contributed by atoms with Crippen LogP contribution in [0.25, 0.3) is 0 Å². The normalized spacial score (nSPS) is 12.1. The van der Waals surface area contributed by atoms with Gasteiger partial charge in [-0.1, -0.05) is 19.9 Å². The van der Waals surface area contributed by atoms with Crippen LogP contribution in [-0.4, -0.2) is 18.6 Å². The molecule has 1 aliphatic rings. The van der Waals surface area contributed by atoms with Crippen molar-refractivity contribution in [3.63, 3.8) is 0 Å². The summed E-state index contributed by atoms with van der Waals surface area (Å²) in [5.41, 5.74) is 1.70. The van der Waals surface area contributed by atoms with Crippen molar-refractivity contribution in [2.24, 2.45) is 5.92 Å². The molecule has 24 heavy (non-hydrogen) atoms. The van der Waals surface area contributed by atoms with Crippen LogP contribution in [0.4, 0.5) is 11.4 Å². The molecule has 124 valence electrons. The highest BCUT2D eigenvalue weighted by atomic mass is 16.7. The van der Waals surface area contributed by atoms with E-state index in [1.54, 1.807) is 42.5 Å². The Kier molecular flexibility index (Phi) is 4.37. The SMILES string of the molecule is CC(C)C(=O)Nc1cccc(NC(=O)c2ccc3c(c2)OCO3)c1. The molecule has 6 heteroatoms. The van der Waals surface area contributed by atoms with Crippen LogP contribution in [0.2, 0.25) is 0 Å². The lowest BCUT2D eigenvalue weighted by Crippen LogP contribution is -2.18. The molecular formula is C18H18N2O4. The number of nitrogens with one attached hydrogen (secondary N) is 2. The Morgan fingerprint density at radius 2 is 1.67 bits per heavy atom. The summed E-state index contributed by atoms with van der Waals surface area (Å²) in [7, 11) is 0. The third kappa shape index (κ3) is 3.48. The largest absolute Gasteiger partial charge is 0.454 e. The number of anilines is 2. The van der Waals surface area contributed by atoms with E-state index in [2.05, 4.69) is 10.6 Å². The first-order valence-electron chi connectivity index (χ1n) is 7.65. The fourth-order valence-electron chi connectivity index (χ4n) is 2.20. The number of hydrogen-bond acceptors (Lipinski definition) is 4. The van der Waals surface area contributed by atoms with Crippen LogP contribution in [0.1, 0.15) is 24.2 Å². The van der Waals surface area contributed by atoms with E-state index in [4.69, 9.17) is 9.47 Å². The van der Waals surface area contributed by atoms with E-state index in [1.807, 2.05) is 13.8 Å². The first kappa shape index (κ1) is 15.9. The first-order valence-corrected chi connectivity index (χ1v) is 7.65. The van der Waals surface area contributed by atoms with Gasteiger partial charge in [0.15, 0.2) is 11.5 Å². The molecule has 1 aliphatic heterocycles. The maximum atomic E-state index is 12.4. The van der Waals surface area contributed by atoms with Gasteiger partial charge in [-0.05, 0) is 36.4 Å². The van der Waals surface area contributed by atoms with Crippen molar-refractivity contribution in [2.45, 2.75) is 13.8 Å². The van der Waals surface area contributed by atoms with Gasteiger partial charge in [0, 0.05) is 22.9 Å².